The number of hydrogen-bond acceptors (Lipinski definition) is 4. The summed E-state index contributed by atoms with van der Waals surface area (Å²) >= 11 is 0. The molecule has 0 aliphatic carbocycles. The summed E-state index contributed by atoms with van der Waals surface area (Å²) < 4.78 is 29.9. The van der Waals surface area contributed by atoms with E-state index in [0.717, 1.165) is 5.56 Å². The van der Waals surface area contributed by atoms with Gasteiger partial charge in [-0.2, -0.15) is 0 Å². The van der Waals surface area contributed by atoms with Crippen molar-refractivity contribution in [1.29, 1.82) is 0 Å². The number of aliphatic hydroxyl groups is 1. The lowest BCUT2D eigenvalue weighted by Crippen LogP contribution is -2.15. The molecule has 0 bridgehead atoms. The Hall–Kier alpha value is -1.85. The van der Waals surface area contributed by atoms with E-state index in [-0.39, 0.29) is 16.4 Å². The highest BCUT2D eigenvalue weighted by Crippen LogP contribution is 2.27. The van der Waals surface area contributed by atoms with Crippen LogP contribution in [-0.2, 0) is 9.84 Å². The largest absolute Gasteiger partial charge is 0.495 e. The third-order valence-electron chi connectivity index (χ3n) is 3.24. The lowest BCUT2D eigenvalue weighted by molar-refractivity contribution is 0.201. The molecule has 0 spiro atoms. The maximum atomic E-state index is 12.4. The Labute approximate surface area is 124 Å². The van der Waals surface area contributed by atoms with Gasteiger partial charge >= 0.3 is 0 Å². The lowest BCUT2D eigenvalue weighted by Gasteiger charge is -2.14. The normalized spacial score (nSPS) is 12.9. The second-order valence-corrected chi connectivity index (χ2v) is 6.86. The van der Waals surface area contributed by atoms with Crippen molar-refractivity contribution in [1.82, 2.24) is 0 Å². The second-order valence-electron chi connectivity index (χ2n) is 4.86. The van der Waals surface area contributed by atoms with E-state index in [9.17, 15) is 13.5 Å². The standard InChI is InChI=1S/C16H18O4S/c1-12-7-9-13(10-8-12)14(17)11-21(18,19)16-6-4-3-5-15(16)20-2/h3-10,14,17H,11H2,1-2H3. The van der Waals surface area contributed by atoms with Crippen molar-refractivity contribution in [2.45, 2.75) is 17.9 Å². The summed E-state index contributed by atoms with van der Waals surface area (Å²) in [4.78, 5) is 0.0960. The maximum absolute atomic E-state index is 12.4. The molecule has 21 heavy (non-hydrogen) atoms. The minimum absolute atomic E-state index is 0.0960. The molecule has 1 N–H and O–H groups in total. The first-order valence-electron chi connectivity index (χ1n) is 6.54. The van der Waals surface area contributed by atoms with Crippen molar-refractivity contribution in [3.05, 3.63) is 59.7 Å². The molecular weight excluding hydrogens is 288 g/mol. The van der Waals surface area contributed by atoms with E-state index in [1.54, 1.807) is 30.3 Å². The number of ether oxygens (including phenoxy) is 1. The van der Waals surface area contributed by atoms with Crippen LogP contribution in [0.15, 0.2) is 53.4 Å². The number of methoxy groups -OCH3 is 1. The Morgan fingerprint density at radius 3 is 2.33 bits per heavy atom. The number of sulfone groups is 1. The Balaban J connectivity index is 2.26. The number of hydrogen-bond donors (Lipinski definition) is 1. The maximum Gasteiger partial charge on any atom is 0.184 e. The second kappa shape index (κ2) is 6.28. The minimum atomic E-state index is -3.64. The molecule has 0 saturated heterocycles. The monoisotopic (exact) mass is 306 g/mol. The van der Waals surface area contributed by atoms with Gasteiger partial charge in [0.25, 0.3) is 0 Å². The zero-order valence-electron chi connectivity index (χ0n) is 12.0. The Bertz CT molecular complexity index is 705. The van der Waals surface area contributed by atoms with Gasteiger partial charge in [0.1, 0.15) is 10.6 Å². The summed E-state index contributed by atoms with van der Waals surface area (Å²) in [5.41, 5.74) is 1.64. The van der Waals surface area contributed by atoms with Gasteiger partial charge in [0.05, 0.1) is 19.0 Å². The molecule has 112 valence electrons. The number of aliphatic hydroxyl groups excluding tert-OH is 1. The van der Waals surface area contributed by atoms with Crippen LogP contribution in [0.5, 0.6) is 5.75 Å². The lowest BCUT2D eigenvalue weighted by atomic mass is 10.1. The van der Waals surface area contributed by atoms with Gasteiger partial charge < -0.3 is 9.84 Å². The molecule has 1 unspecified atom stereocenters. The molecule has 0 amide bonds. The Kier molecular flexibility index (Phi) is 4.65. The summed E-state index contributed by atoms with van der Waals surface area (Å²) in [6.07, 6.45) is -1.07. The molecule has 2 aromatic carbocycles. The summed E-state index contributed by atoms with van der Waals surface area (Å²) in [5, 5.41) is 10.2. The fraction of sp³-hybridized carbons (Fsp3) is 0.250. The minimum Gasteiger partial charge on any atom is -0.495 e. The quantitative estimate of drug-likeness (QED) is 0.922. The van der Waals surface area contributed by atoms with Crippen molar-refractivity contribution in [2.24, 2.45) is 0 Å². The van der Waals surface area contributed by atoms with Crippen LogP contribution in [-0.4, -0.2) is 26.4 Å². The van der Waals surface area contributed by atoms with Crippen LogP contribution < -0.4 is 4.74 Å². The van der Waals surface area contributed by atoms with Crippen molar-refractivity contribution in [3.63, 3.8) is 0 Å². The highest BCUT2D eigenvalue weighted by molar-refractivity contribution is 7.91. The average molecular weight is 306 g/mol. The molecule has 0 aliphatic heterocycles. The van der Waals surface area contributed by atoms with Crippen molar-refractivity contribution >= 4 is 9.84 Å². The van der Waals surface area contributed by atoms with E-state index in [4.69, 9.17) is 4.74 Å². The fourth-order valence-corrected chi connectivity index (χ4v) is 3.59. The third kappa shape index (κ3) is 3.62. The van der Waals surface area contributed by atoms with Crippen LogP contribution in [0.4, 0.5) is 0 Å². The highest BCUT2D eigenvalue weighted by atomic mass is 32.2. The van der Waals surface area contributed by atoms with Crippen LogP contribution in [0.3, 0.4) is 0 Å². The van der Waals surface area contributed by atoms with Gasteiger partial charge in [0, 0.05) is 0 Å². The van der Waals surface area contributed by atoms with Crippen molar-refractivity contribution in [2.75, 3.05) is 12.9 Å². The number of aryl methyl sites for hydroxylation is 1. The highest BCUT2D eigenvalue weighted by Gasteiger charge is 2.23. The van der Waals surface area contributed by atoms with E-state index in [2.05, 4.69) is 0 Å². The Morgan fingerprint density at radius 2 is 1.71 bits per heavy atom. The van der Waals surface area contributed by atoms with Crippen LogP contribution >= 0.6 is 0 Å². The Morgan fingerprint density at radius 1 is 1.10 bits per heavy atom. The summed E-state index contributed by atoms with van der Waals surface area (Å²) in [6, 6.07) is 13.6. The summed E-state index contributed by atoms with van der Waals surface area (Å²) in [6.45, 7) is 1.93. The summed E-state index contributed by atoms with van der Waals surface area (Å²) in [7, 11) is -2.21. The fourth-order valence-electron chi connectivity index (χ4n) is 2.06. The van der Waals surface area contributed by atoms with Gasteiger partial charge in [-0.25, -0.2) is 8.42 Å². The van der Waals surface area contributed by atoms with Crippen molar-refractivity contribution in [3.8, 4) is 5.75 Å². The zero-order chi connectivity index (χ0) is 15.5. The van der Waals surface area contributed by atoms with Crippen LogP contribution in [0.25, 0.3) is 0 Å². The molecular formula is C16H18O4S. The first-order chi connectivity index (χ1) is 9.94. The van der Waals surface area contributed by atoms with Gasteiger partial charge in [-0.3, -0.25) is 0 Å². The number of rotatable bonds is 5. The van der Waals surface area contributed by atoms with E-state index in [1.165, 1.54) is 13.2 Å². The molecule has 2 aromatic rings. The zero-order valence-corrected chi connectivity index (χ0v) is 12.8. The van der Waals surface area contributed by atoms with Gasteiger partial charge in [-0.05, 0) is 24.6 Å². The van der Waals surface area contributed by atoms with Crippen LogP contribution in [0.2, 0.25) is 0 Å². The van der Waals surface area contributed by atoms with Crippen LogP contribution in [0.1, 0.15) is 17.2 Å². The predicted molar refractivity (Wildman–Crippen MR) is 81.2 cm³/mol. The molecule has 0 aromatic heterocycles. The first-order valence-corrected chi connectivity index (χ1v) is 8.19. The van der Waals surface area contributed by atoms with Gasteiger partial charge in [0.15, 0.2) is 9.84 Å². The number of benzene rings is 2. The van der Waals surface area contributed by atoms with Gasteiger partial charge in [-0.15, -0.1) is 0 Å². The average Bonchev–Trinajstić information content (AvgIpc) is 2.47. The molecule has 5 heteroatoms. The first kappa shape index (κ1) is 15.5. The molecule has 2 rings (SSSR count). The van der Waals surface area contributed by atoms with Crippen LogP contribution in [0, 0.1) is 6.92 Å². The third-order valence-corrected chi connectivity index (χ3v) is 5.01. The smallest absolute Gasteiger partial charge is 0.184 e. The molecule has 4 nitrogen and oxygen atoms in total. The van der Waals surface area contributed by atoms with E-state index in [0.29, 0.717) is 5.56 Å². The SMILES string of the molecule is COc1ccccc1S(=O)(=O)CC(O)c1ccc(C)cc1. The number of para-hydroxylation sites is 1. The van der Waals surface area contributed by atoms with E-state index in [1.807, 2.05) is 19.1 Å². The molecule has 0 fully saturated rings. The predicted octanol–water partition coefficient (Wildman–Crippen LogP) is 2.51. The van der Waals surface area contributed by atoms with E-state index >= 15 is 0 Å². The molecule has 0 saturated carbocycles. The molecule has 0 heterocycles. The van der Waals surface area contributed by atoms with Crippen molar-refractivity contribution < 1.29 is 18.3 Å². The molecule has 0 radical (unpaired) electrons. The van der Waals surface area contributed by atoms with Gasteiger partial charge in [-0.1, -0.05) is 42.0 Å². The molecule has 0 aliphatic rings. The topological polar surface area (TPSA) is 63.6 Å². The van der Waals surface area contributed by atoms with Gasteiger partial charge in [0.2, 0.25) is 0 Å². The molecule has 1 atom stereocenters. The van der Waals surface area contributed by atoms with E-state index < -0.39 is 15.9 Å². The summed E-state index contributed by atoms with van der Waals surface area (Å²) in [5.74, 6) is -0.0928.